The van der Waals surface area contributed by atoms with E-state index in [0.717, 1.165) is 12.8 Å². The number of ether oxygens (including phenoxy) is 1. The van der Waals surface area contributed by atoms with E-state index in [4.69, 9.17) is 16.3 Å². The number of carbonyl (C=O) groups excluding carboxylic acids is 1. The molecule has 1 aromatic heterocycles. The van der Waals surface area contributed by atoms with Crippen molar-refractivity contribution < 1.29 is 9.53 Å². The van der Waals surface area contributed by atoms with Crippen molar-refractivity contribution in [3.8, 4) is 0 Å². The molecule has 84 valence electrons. The van der Waals surface area contributed by atoms with Crippen molar-refractivity contribution >= 4 is 17.6 Å². The molecule has 0 atom stereocenters. The Balaban J connectivity index is 2.83. The highest BCUT2D eigenvalue weighted by molar-refractivity contribution is 6.33. The summed E-state index contributed by atoms with van der Waals surface area (Å²) in [4.78, 5) is 11.5. The van der Waals surface area contributed by atoms with Crippen LogP contribution in [0.1, 0.15) is 37.2 Å². The van der Waals surface area contributed by atoms with Gasteiger partial charge in [0.15, 0.2) is 5.69 Å². The minimum absolute atomic E-state index is 0.341. The molecule has 5 heteroatoms. The topological polar surface area (TPSA) is 44.1 Å². The van der Waals surface area contributed by atoms with Gasteiger partial charge in [-0.2, -0.15) is 5.10 Å². The first-order chi connectivity index (χ1) is 7.20. The Hall–Kier alpha value is -1.03. The van der Waals surface area contributed by atoms with Crippen LogP contribution in [0.15, 0.2) is 6.20 Å². The van der Waals surface area contributed by atoms with E-state index in [0.29, 0.717) is 23.9 Å². The number of hydrogen-bond donors (Lipinski definition) is 0. The second-order valence-electron chi connectivity index (χ2n) is 3.14. The van der Waals surface area contributed by atoms with Gasteiger partial charge in [0.05, 0.1) is 17.8 Å². The molecular formula is C10H15ClN2O2. The van der Waals surface area contributed by atoms with Gasteiger partial charge in [-0.15, -0.1) is 0 Å². The molecule has 1 aromatic rings. The molecule has 0 aliphatic carbocycles. The zero-order valence-corrected chi connectivity index (χ0v) is 9.75. The zero-order valence-electron chi connectivity index (χ0n) is 8.99. The van der Waals surface area contributed by atoms with Crippen LogP contribution in [-0.4, -0.2) is 22.4 Å². The summed E-state index contributed by atoms with van der Waals surface area (Å²) in [7, 11) is 0. The van der Waals surface area contributed by atoms with E-state index in [2.05, 4.69) is 12.0 Å². The molecule has 0 aliphatic heterocycles. The molecule has 0 radical (unpaired) electrons. The van der Waals surface area contributed by atoms with Gasteiger partial charge in [-0.25, -0.2) is 4.79 Å². The predicted octanol–water partition coefficient (Wildman–Crippen LogP) is 2.51. The zero-order chi connectivity index (χ0) is 11.3. The predicted molar refractivity (Wildman–Crippen MR) is 58.1 cm³/mol. The number of unbranched alkanes of at least 4 members (excludes halogenated alkanes) is 1. The summed E-state index contributed by atoms with van der Waals surface area (Å²) in [6.07, 6.45) is 3.48. The maximum Gasteiger partial charge on any atom is 0.358 e. The van der Waals surface area contributed by atoms with Crippen molar-refractivity contribution in [1.82, 2.24) is 9.78 Å². The quantitative estimate of drug-likeness (QED) is 0.730. The third kappa shape index (κ3) is 2.96. The summed E-state index contributed by atoms with van der Waals surface area (Å²) < 4.78 is 6.50. The van der Waals surface area contributed by atoms with E-state index in [1.807, 2.05) is 0 Å². The van der Waals surface area contributed by atoms with Crippen LogP contribution in [0.5, 0.6) is 0 Å². The minimum atomic E-state index is -0.406. The van der Waals surface area contributed by atoms with E-state index in [-0.39, 0.29) is 0 Å². The summed E-state index contributed by atoms with van der Waals surface area (Å²) in [6.45, 7) is 4.87. The van der Waals surface area contributed by atoms with Crippen molar-refractivity contribution in [2.45, 2.75) is 33.2 Å². The molecule has 1 rings (SSSR count). The van der Waals surface area contributed by atoms with Crippen LogP contribution in [0, 0.1) is 0 Å². The average molecular weight is 231 g/mol. The maximum absolute atomic E-state index is 11.5. The largest absolute Gasteiger partial charge is 0.461 e. The second kappa shape index (κ2) is 5.75. The van der Waals surface area contributed by atoms with Gasteiger partial charge in [0.25, 0.3) is 0 Å². The fourth-order valence-corrected chi connectivity index (χ4v) is 1.46. The van der Waals surface area contributed by atoms with Crippen molar-refractivity contribution in [2.75, 3.05) is 6.61 Å². The molecule has 0 aromatic carbocycles. The van der Waals surface area contributed by atoms with Gasteiger partial charge >= 0.3 is 5.97 Å². The highest BCUT2D eigenvalue weighted by Crippen LogP contribution is 2.16. The van der Waals surface area contributed by atoms with Gasteiger partial charge < -0.3 is 4.74 Å². The van der Waals surface area contributed by atoms with Gasteiger partial charge in [0, 0.05) is 6.54 Å². The monoisotopic (exact) mass is 230 g/mol. The number of nitrogens with zero attached hydrogens (tertiary/aromatic N) is 2. The first kappa shape index (κ1) is 12.0. The van der Waals surface area contributed by atoms with Crippen molar-refractivity contribution in [3.63, 3.8) is 0 Å². The van der Waals surface area contributed by atoms with Crippen LogP contribution < -0.4 is 0 Å². The summed E-state index contributed by atoms with van der Waals surface area (Å²) >= 11 is 5.87. The Labute approximate surface area is 94.2 Å². The number of hydrogen-bond acceptors (Lipinski definition) is 3. The SMILES string of the molecule is CCCCn1ncc(Cl)c1C(=O)OCC. The molecule has 4 nitrogen and oxygen atoms in total. The third-order valence-corrected chi connectivity index (χ3v) is 2.26. The lowest BCUT2D eigenvalue weighted by atomic mass is 10.3. The van der Waals surface area contributed by atoms with Gasteiger partial charge in [0.1, 0.15) is 0 Å². The van der Waals surface area contributed by atoms with Gasteiger partial charge in [-0.1, -0.05) is 24.9 Å². The van der Waals surface area contributed by atoms with Gasteiger partial charge in [-0.05, 0) is 13.3 Å². The summed E-state index contributed by atoms with van der Waals surface area (Å²) in [5, 5.41) is 4.39. The van der Waals surface area contributed by atoms with E-state index in [1.165, 1.54) is 6.20 Å². The molecule has 0 bridgehead atoms. The van der Waals surface area contributed by atoms with E-state index in [1.54, 1.807) is 11.6 Å². The first-order valence-electron chi connectivity index (χ1n) is 5.09. The normalized spacial score (nSPS) is 10.3. The molecule has 0 amide bonds. The molecule has 0 saturated heterocycles. The van der Waals surface area contributed by atoms with Gasteiger partial charge in [-0.3, -0.25) is 4.68 Å². The number of esters is 1. The summed E-state index contributed by atoms with van der Waals surface area (Å²) in [6, 6.07) is 0. The Morgan fingerprint density at radius 2 is 2.33 bits per heavy atom. The van der Waals surface area contributed by atoms with Crippen molar-refractivity contribution in [2.24, 2.45) is 0 Å². The Morgan fingerprint density at radius 3 is 2.93 bits per heavy atom. The summed E-state index contributed by atoms with van der Waals surface area (Å²) in [5.74, 6) is -0.406. The third-order valence-electron chi connectivity index (χ3n) is 1.99. The molecular weight excluding hydrogens is 216 g/mol. The number of rotatable bonds is 5. The molecule has 0 N–H and O–H groups in total. The van der Waals surface area contributed by atoms with Gasteiger partial charge in [0.2, 0.25) is 0 Å². The Morgan fingerprint density at radius 1 is 1.60 bits per heavy atom. The van der Waals surface area contributed by atoms with Crippen molar-refractivity contribution in [3.05, 3.63) is 16.9 Å². The molecule has 15 heavy (non-hydrogen) atoms. The van der Waals surface area contributed by atoms with E-state index in [9.17, 15) is 4.79 Å². The highest BCUT2D eigenvalue weighted by atomic mass is 35.5. The number of aromatic nitrogens is 2. The van der Waals surface area contributed by atoms with Crippen LogP contribution in [0.25, 0.3) is 0 Å². The number of halogens is 1. The molecule has 0 spiro atoms. The maximum atomic E-state index is 11.5. The molecule has 0 fully saturated rings. The van der Waals surface area contributed by atoms with E-state index >= 15 is 0 Å². The van der Waals surface area contributed by atoms with Crippen molar-refractivity contribution in [1.29, 1.82) is 0 Å². The summed E-state index contributed by atoms with van der Waals surface area (Å²) in [5.41, 5.74) is 0.354. The lowest BCUT2D eigenvalue weighted by Crippen LogP contribution is -2.13. The van der Waals surface area contributed by atoms with Crippen LogP contribution in [0.2, 0.25) is 5.02 Å². The first-order valence-corrected chi connectivity index (χ1v) is 5.46. The fraction of sp³-hybridized carbons (Fsp3) is 0.600. The van der Waals surface area contributed by atoms with Crippen LogP contribution >= 0.6 is 11.6 Å². The lowest BCUT2D eigenvalue weighted by Gasteiger charge is -2.06. The highest BCUT2D eigenvalue weighted by Gasteiger charge is 2.17. The van der Waals surface area contributed by atoms with Crippen LogP contribution in [0.3, 0.4) is 0 Å². The average Bonchev–Trinajstić information content (AvgIpc) is 2.57. The molecule has 0 saturated carbocycles. The van der Waals surface area contributed by atoms with Crippen LogP contribution in [-0.2, 0) is 11.3 Å². The Bertz CT molecular complexity index is 336. The number of carbonyl (C=O) groups is 1. The second-order valence-corrected chi connectivity index (χ2v) is 3.55. The van der Waals surface area contributed by atoms with E-state index < -0.39 is 5.97 Å². The van der Waals surface area contributed by atoms with Crippen LogP contribution in [0.4, 0.5) is 0 Å². The molecule has 0 unspecified atom stereocenters. The standard InChI is InChI=1S/C10H15ClN2O2/c1-3-5-6-13-9(8(11)7-12-13)10(14)15-4-2/h7H,3-6H2,1-2H3. The number of aryl methyl sites for hydroxylation is 1. The lowest BCUT2D eigenvalue weighted by molar-refractivity contribution is 0.0512. The minimum Gasteiger partial charge on any atom is -0.461 e. The Kier molecular flexibility index (Phi) is 4.62. The molecule has 1 heterocycles. The fourth-order valence-electron chi connectivity index (χ4n) is 1.24. The smallest absolute Gasteiger partial charge is 0.358 e. The molecule has 0 aliphatic rings.